The Kier molecular flexibility index (Phi) is 7.74. The van der Waals surface area contributed by atoms with Gasteiger partial charge in [-0.15, -0.1) is 0 Å². The van der Waals surface area contributed by atoms with Crippen molar-refractivity contribution < 1.29 is 32.5 Å². The standard InChI is InChI=1S/C30H23F3O4/c1-3-16-36-27-15-12-23(17-26(27)31)37-30(35)22-10-8-21(9-11-22)25-14-13-24(28(32)29(25)33)20-6-4-19(5-7-20)18(2)34/h3-15,17-18,34H,1,16H2,2H3. The number of carbonyl (C=O) groups is 1. The lowest BCUT2D eigenvalue weighted by molar-refractivity contribution is 0.0734. The zero-order valence-electron chi connectivity index (χ0n) is 19.9. The van der Waals surface area contributed by atoms with Gasteiger partial charge in [0.25, 0.3) is 0 Å². The molecule has 188 valence electrons. The third kappa shape index (κ3) is 5.73. The highest BCUT2D eigenvalue weighted by Crippen LogP contribution is 2.32. The maximum atomic E-state index is 15.0. The molecule has 1 N–H and O–H groups in total. The zero-order valence-corrected chi connectivity index (χ0v) is 19.9. The Bertz CT molecular complexity index is 1430. The van der Waals surface area contributed by atoms with Crippen molar-refractivity contribution in [1.29, 1.82) is 0 Å². The fourth-order valence-electron chi connectivity index (χ4n) is 3.70. The molecule has 0 fully saturated rings. The van der Waals surface area contributed by atoms with Crippen molar-refractivity contribution in [2.75, 3.05) is 6.61 Å². The van der Waals surface area contributed by atoms with Gasteiger partial charge in [0.1, 0.15) is 12.4 Å². The number of ether oxygens (including phenoxy) is 2. The quantitative estimate of drug-likeness (QED) is 0.156. The summed E-state index contributed by atoms with van der Waals surface area (Å²) in [6, 6.07) is 19.0. The number of hydrogen-bond donors (Lipinski definition) is 1. The highest BCUT2D eigenvalue weighted by Gasteiger charge is 2.17. The molecule has 37 heavy (non-hydrogen) atoms. The maximum Gasteiger partial charge on any atom is 0.343 e. The number of rotatable bonds is 8. The van der Waals surface area contributed by atoms with Crippen LogP contribution >= 0.6 is 0 Å². The van der Waals surface area contributed by atoms with Crippen LogP contribution in [0.15, 0.2) is 91.5 Å². The first-order valence-electron chi connectivity index (χ1n) is 11.4. The van der Waals surface area contributed by atoms with Gasteiger partial charge in [-0.05, 0) is 47.9 Å². The van der Waals surface area contributed by atoms with Gasteiger partial charge in [-0.25, -0.2) is 18.0 Å². The van der Waals surface area contributed by atoms with Crippen LogP contribution in [0.2, 0.25) is 0 Å². The van der Waals surface area contributed by atoms with Crippen molar-refractivity contribution in [1.82, 2.24) is 0 Å². The lowest BCUT2D eigenvalue weighted by Crippen LogP contribution is -2.08. The minimum Gasteiger partial charge on any atom is -0.486 e. The van der Waals surface area contributed by atoms with Gasteiger partial charge >= 0.3 is 5.97 Å². The third-order valence-corrected chi connectivity index (χ3v) is 5.69. The highest BCUT2D eigenvalue weighted by molar-refractivity contribution is 5.91. The van der Waals surface area contributed by atoms with E-state index in [1.165, 1.54) is 54.6 Å². The molecule has 7 heteroatoms. The normalized spacial score (nSPS) is 11.6. The number of esters is 1. The van der Waals surface area contributed by atoms with E-state index in [9.17, 15) is 23.1 Å². The molecule has 4 aromatic rings. The second-order valence-electron chi connectivity index (χ2n) is 8.25. The van der Waals surface area contributed by atoms with Gasteiger partial charge in [0, 0.05) is 17.2 Å². The molecule has 4 aromatic carbocycles. The van der Waals surface area contributed by atoms with Crippen LogP contribution in [0.5, 0.6) is 11.5 Å². The molecule has 0 aliphatic heterocycles. The van der Waals surface area contributed by atoms with E-state index >= 15 is 0 Å². The summed E-state index contributed by atoms with van der Waals surface area (Å²) < 4.78 is 54.4. The first-order chi connectivity index (χ1) is 17.8. The Morgan fingerprint density at radius 2 is 1.46 bits per heavy atom. The molecule has 0 aliphatic rings. The Morgan fingerprint density at radius 3 is 1.97 bits per heavy atom. The van der Waals surface area contributed by atoms with Gasteiger partial charge in [0.05, 0.1) is 11.7 Å². The largest absolute Gasteiger partial charge is 0.486 e. The number of aliphatic hydroxyl groups is 1. The van der Waals surface area contributed by atoms with Crippen LogP contribution in [0, 0.1) is 17.5 Å². The molecule has 4 nitrogen and oxygen atoms in total. The molecule has 1 atom stereocenters. The number of aliphatic hydroxyl groups excluding tert-OH is 1. The average molecular weight is 505 g/mol. The molecular formula is C30H23F3O4. The van der Waals surface area contributed by atoms with Crippen molar-refractivity contribution in [2.45, 2.75) is 13.0 Å². The lowest BCUT2D eigenvalue weighted by atomic mass is 9.97. The molecule has 0 aliphatic carbocycles. The number of halogens is 3. The number of hydrogen-bond acceptors (Lipinski definition) is 4. The van der Waals surface area contributed by atoms with Crippen molar-refractivity contribution >= 4 is 5.97 Å². The van der Waals surface area contributed by atoms with Crippen LogP contribution in [0.25, 0.3) is 22.3 Å². The summed E-state index contributed by atoms with van der Waals surface area (Å²) in [6.45, 7) is 5.24. The van der Waals surface area contributed by atoms with Crippen LogP contribution in [-0.2, 0) is 0 Å². The van der Waals surface area contributed by atoms with Gasteiger partial charge in [0.2, 0.25) is 0 Å². The Balaban J connectivity index is 1.50. The van der Waals surface area contributed by atoms with Gasteiger partial charge in [-0.1, -0.05) is 61.2 Å². The number of carbonyl (C=O) groups excluding carboxylic acids is 1. The predicted octanol–water partition coefficient (Wildman–Crippen LogP) is 7.28. The van der Waals surface area contributed by atoms with Crippen molar-refractivity contribution in [3.8, 4) is 33.8 Å². The SMILES string of the molecule is C=CCOc1ccc(OC(=O)c2ccc(-c3ccc(-c4ccc(C(C)O)cc4)c(F)c3F)cc2)cc1F. The molecule has 0 saturated carbocycles. The first-order valence-corrected chi connectivity index (χ1v) is 11.4. The molecule has 1 unspecified atom stereocenters. The molecule has 0 radical (unpaired) electrons. The fourth-order valence-corrected chi connectivity index (χ4v) is 3.70. The van der Waals surface area contributed by atoms with Crippen molar-refractivity contribution in [3.63, 3.8) is 0 Å². The molecule has 0 amide bonds. The van der Waals surface area contributed by atoms with E-state index in [4.69, 9.17) is 9.47 Å². The summed E-state index contributed by atoms with van der Waals surface area (Å²) in [6.07, 6.45) is 0.811. The van der Waals surface area contributed by atoms with E-state index in [0.29, 0.717) is 16.7 Å². The van der Waals surface area contributed by atoms with E-state index in [0.717, 1.165) is 6.07 Å². The molecule has 4 rings (SSSR count). The smallest absolute Gasteiger partial charge is 0.343 e. The molecule has 0 bridgehead atoms. The first kappa shape index (κ1) is 25.7. The van der Waals surface area contributed by atoms with Crippen LogP contribution in [0.4, 0.5) is 13.2 Å². The van der Waals surface area contributed by atoms with Crippen molar-refractivity contribution in [3.05, 3.63) is 120 Å². The van der Waals surface area contributed by atoms with Gasteiger partial charge < -0.3 is 14.6 Å². The summed E-state index contributed by atoms with van der Waals surface area (Å²) >= 11 is 0. The fraction of sp³-hybridized carbons (Fsp3) is 0.100. The van der Waals surface area contributed by atoms with Crippen LogP contribution in [-0.4, -0.2) is 17.7 Å². The Hall–Kier alpha value is -4.36. The monoisotopic (exact) mass is 504 g/mol. The maximum absolute atomic E-state index is 15.0. The lowest BCUT2D eigenvalue weighted by Gasteiger charge is -2.11. The summed E-state index contributed by atoms with van der Waals surface area (Å²) in [4.78, 5) is 12.5. The van der Waals surface area contributed by atoms with Crippen LogP contribution < -0.4 is 9.47 Å². The van der Waals surface area contributed by atoms with Gasteiger partial charge in [-0.3, -0.25) is 0 Å². The van der Waals surface area contributed by atoms with E-state index in [1.807, 2.05) is 0 Å². The second kappa shape index (κ2) is 11.1. The predicted molar refractivity (Wildman–Crippen MR) is 135 cm³/mol. The Morgan fingerprint density at radius 1 is 0.892 bits per heavy atom. The summed E-state index contributed by atoms with van der Waals surface area (Å²) in [5, 5.41) is 9.64. The molecule has 0 spiro atoms. The second-order valence-corrected chi connectivity index (χ2v) is 8.25. The molecule has 0 saturated heterocycles. The Labute approximate surface area is 212 Å². The van der Waals surface area contributed by atoms with Crippen LogP contribution in [0.3, 0.4) is 0 Å². The highest BCUT2D eigenvalue weighted by atomic mass is 19.2. The summed E-state index contributed by atoms with van der Waals surface area (Å²) in [5.41, 5.74) is 1.76. The topological polar surface area (TPSA) is 55.8 Å². The minimum absolute atomic E-state index is 0.00102. The van der Waals surface area contributed by atoms with Gasteiger partial charge in [0.15, 0.2) is 23.2 Å². The van der Waals surface area contributed by atoms with E-state index < -0.39 is 29.5 Å². The summed E-state index contributed by atoms with van der Waals surface area (Å²) in [7, 11) is 0. The number of benzene rings is 4. The molecule has 0 aromatic heterocycles. The molecule has 0 heterocycles. The minimum atomic E-state index is -1.03. The van der Waals surface area contributed by atoms with E-state index in [2.05, 4.69) is 6.58 Å². The van der Waals surface area contributed by atoms with E-state index in [1.54, 1.807) is 31.2 Å². The average Bonchev–Trinajstić information content (AvgIpc) is 2.90. The molecular weight excluding hydrogens is 481 g/mol. The zero-order chi connectivity index (χ0) is 26.5. The van der Waals surface area contributed by atoms with Crippen LogP contribution in [0.1, 0.15) is 28.9 Å². The summed E-state index contributed by atoms with van der Waals surface area (Å²) in [5.74, 6) is -3.48. The van der Waals surface area contributed by atoms with Gasteiger partial charge in [-0.2, -0.15) is 0 Å². The third-order valence-electron chi connectivity index (χ3n) is 5.69. The van der Waals surface area contributed by atoms with E-state index in [-0.39, 0.29) is 34.8 Å². The van der Waals surface area contributed by atoms with Crippen molar-refractivity contribution in [2.24, 2.45) is 0 Å².